The quantitative estimate of drug-likeness (QED) is 0.549. The lowest BCUT2D eigenvalue weighted by molar-refractivity contribution is -0.385. The molecule has 0 unspecified atom stereocenters. The smallest absolute Gasteiger partial charge is 0.311 e. The summed E-state index contributed by atoms with van der Waals surface area (Å²) >= 11 is 0. The van der Waals surface area contributed by atoms with Crippen molar-refractivity contribution < 1.29 is 14.5 Å². The fourth-order valence-corrected chi connectivity index (χ4v) is 2.39. The van der Waals surface area contributed by atoms with E-state index in [2.05, 4.69) is 20.8 Å². The molecule has 0 aliphatic carbocycles. The highest BCUT2D eigenvalue weighted by molar-refractivity contribution is 6.05. The molecule has 0 aliphatic heterocycles. The number of hydrogen-bond donors (Lipinski definition) is 1. The van der Waals surface area contributed by atoms with E-state index in [0.29, 0.717) is 11.5 Å². The highest BCUT2D eigenvalue weighted by Gasteiger charge is 2.18. The molecule has 132 valence electrons. The van der Waals surface area contributed by atoms with Gasteiger partial charge < -0.3 is 10.1 Å². The summed E-state index contributed by atoms with van der Waals surface area (Å²) in [6.45, 7) is 0. The van der Waals surface area contributed by atoms with Crippen LogP contribution in [-0.4, -0.2) is 38.1 Å². The first-order valence-corrected chi connectivity index (χ1v) is 7.46. The Morgan fingerprint density at radius 1 is 1.27 bits per heavy atom. The van der Waals surface area contributed by atoms with Gasteiger partial charge in [0.1, 0.15) is 0 Å². The summed E-state index contributed by atoms with van der Waals surface area (Å²) < 4.78 is 6.44. The Morgan fingerprint density at radius 2 is 2.08 bits per heavy atom. The van der Waals surface area contributed by atoms with Crippen molar-refractivity contribution in [2.24, 2.45) is 7.05 Å². The maximum atomic E-state index is 12.4. The monoisotopic (exact) mass is 354 g/mol. The molecule has 1 amide bonds. The summed E-state index contributed by atoms with van der Waals surface area (Å²) in [5.74, 6) is 0.147. The number of aryl methyl sites for hydroxylation is 1. The molecule has 3 rings (SSSR count). The number of carbonyl (C=O) groups excluding carboxylic acids is 1. The van der Waals surface area contributed by atoms with Gasteiger partial charge in [-0.25, -0.2) is 4.68 Å². The number of aromatic nitrogens is 4. The van der Waals surface area contributed by atoms with Crippen molar-refractivity contribution in [1.29, 1.82) is 0 Å². The highest BCUT2D eigenvalue weighted by atomic mass is 16.6. The number of nitrogens with zero attached hydrogens (tertiary/aromatic N) is 5. The summed E-state index contributed by atoms with van der Waals surface area (Å²) in [4.78, 5) is 22.9. The summed E-state index contributed by atoms with van der Waals surface area (Å²) in [6.07, 6.45) is 0. The predicted octanol–water partition coefficient (Wildman–Crippen LogP) is 2.05. The van der Waals surface area contributed by atoms with E-state index in [1.165, 1.54) is 30.0 Å². The number of anilines is 1. The minimum absolute atomic E-state index is 0.0864. The number of benzene rings is 2. The van der Waals surface area contributed by atoms with Gasteiger partial charge in [0.2, 0.25) is 0 Å². The van der Waals surface area contributed by atoms with Crippen LogP contribution in [0.1, 0.15) is 10.4 Å². The third-order valence-electron chi connectivity index (χ3n) is 3.64. The van der Waals surface area contributed by atoms with Crippen molar-refractivity contribution in [2.45, 2.75) is 0 Å². The van der Waals surface area contributed by atoms with Gasteiger partial charge in [-0.1, -0.05) is 12.1 Å². The van der Waals surface area contributed by atoms with Gasteiger partial charge in [0.15, 0.2) is 11.6 Å². The zero-order valence-corrected chi connectivity index (χ0v) is 13.9. The lowest BCUT2D eigenvalue weighted by Gasteiger charge is -2.08. The Labute approximate surface area is 147 Å². The molecular weight excluding hydrogens is 340 g/mol. The van der Waals surface area contributed by atoms with Gasteiger partial charge >= 0.3 is 5.69 Å². The van der Waals surface area contributed by atoms with E-state index in [1.807, 2.05) is 0 Å². The molecule has 0 atom stereocenters. The first-order valence-electron chi connectivity index (χ1n) is 7.46. The average molecular weight is 354 g/mol. The zero-order chi connectivity index (χ0) is 18.7. The minimum atomic E-state index is -0.600. The number of nitro benzene ring substituents is 1. The molecule has 26 heavy (non-hydrogen) atoms. The molecule has 1 aromatic heterocycles. The molecule has 0 fully saturated rings. The second kappa shape index (κ2) is 6.97. The standard InChI is InChI=1S/C16H14N6O4/c1-21-15(18-19-20-21)10-4-3-5-12(8-10)17-16(23)11-6-7-14(26-2)13(9-11)22(24)25/h3-9H,1-2H3,(H,17,23). The van der Waals surface area contributed by atoms with Crippen molar-refractivity contribution >= 4 is 17.3 Å². The molecule has 1 N–H and O–H groups in total. The molecule has 0 radical (unpaired) electrons. The number of nitrogens with one attached hydrogen (secondary N) is 1. The maximum absolute atomic E-state index is 12.4. The largest absolute Gasteiger partial charge is 0.490 e. The Kier molecular flexibility index (Phi) is 4.56. The number of ether oxygens (including phenoxy) is 1. The first-order chi connectivity index (χ1) is 12.5. The molecule has 0 saturated heterocycles. The number of rotatable bonds is 5. The van der Waals surface area contributed by atoms with Crippen molar-refractivity contribution in [3.05, 3.63) is 58.1 Å². The van der Waals surface area contributed by atoms with Gasteiger partial charge in [0, 0.05) is 29.9 Å². The summed E-state index contributed by atoms with van der Waals surface area (Å²) in [7, 11) is 3.03. The number of tetrazole rings is 1. The molecule has 3 aromatic rings. The minimum Gasteiger partial charge on any atom is -0.490 e. The second-order valence-electron chi connectivity index (χ2n) is 5.30. The Hall–Kier alpha value is -3.82. The molecule has 10 nitrogen and oxygen atoms in total. The molecule has 0 spiro atoms. The molecule has 10 heteroatoms. The van der Waals surface area contributed by atoms with Crippen molar-refractivity contribution in [1.82, 2.24) is 20.2 Å². The van der Waals surface area contributed by atoms with Crippen molar-refractivity contribution in [3.8, 4) is 17.1 Å². The number of carbonyl (C=O) groups is 1. The summed E-state index contributed by atoms with van der Waals surface area (Å²) in [6, 6.07) is 11.0. The Balaban J connectivity index is 1.86. The first kappa shape index (κ1) is 17.0. The van der Waals surface area contributed by atoms with Gasteiger partial charge in [-0.15, -0.1) is 5.10 Å². The Bertz CT molecular complexity index is 984. The van der Waals surface area contributed by atoms with Crippen LogP contribution in [0.4, 0.5) is 11.4 Å². The molecule has 0 bridgehead atoms. The number of nitro groups is 1. The van der Waals surface area contributed by atoms with E-state index in [4.69, 9.17) is 4.74 Å². The van der Waals surface area contributed by atoms with E-state index in [1.54, 1.807) is 31.3 Å². The van der Waals surface area contributed by atoms with E-state index < -0.39 is 10.8 Å². The molecule has 0 saturated carbocycles. The maximum Gasteiger partial charge on any atom is 0.311 e. The number of methoxy groups -OCH3 is 1. The van der Waals surface area contributed by atoms with Gasteiger partial charge in [-0.05, 0) is 34.7 Å². The van der Waals surface area contributed by atoms with Crippen LogP contribution in [0.5, 0.6) is 5.75 Å². The van der Waals surface area contributed by atoms with Gasteiger partial charge in [0.25, 0.3) is 5.91 Å². The van der Waals surface area contributed by atoms with Crippen LogP contribution in [0, 0.1) is 10.1 Å². The van der Waals surface area contributed by atoms with Gasteiger partial charge in [0.05, 0.1) is 12.0 Å². The summed E-state index contributed by atoms with van der Waals surface area (Å²) in [5, 5.41) is 25.1. The molecule has 1 heterocycles. The average Bonchev–Trinajstić information content (AvgIpc) is 3.07. The topological polar surface area (TPSA) is 125 Å². The fourth-order valence-electron chi connectivity index (χ4n) is 2.39. The van der Waals surface area contributed by atoms with E-state index in [-0.39, 0.29) is 17.0 Å². The predicted molar refractivity (Wildman–Crippen MR) is 91.8 cm³/mol. The zero-order valence-electron chi connectivity index (χ0n) is 13.9. The second-order valence-corrected chi connectivity index (χ2v) is 5.30. The third kappa shape index (κ3) is 3.34. The van der Waals surface area contributed by atoms with Crippen LogP contribution in [0.25, 0.3) is 11.4 Å². The normalized spacial score (nSPS) is 10.4. The van der Waals surface area contributed by atoms with E-state index in [0.717, 1.165) is 5.56 Å². The van der Waals surface area contributed by atoms with E-state index in [9.17, 15) is 14.9 Å². The van der Waals surface area contributed by atoms with Gasteiger partial charge in [-0.2, -0.15) is 0 Å². The van der Waals surface area contributed by atoms with Crippen LogP contribution >= 0.6 is 0 Å². The number of amides is 1. The Morgan fingerprint density at radius 3 is 2.73 bits per heavy atom. The fraction of sp³-hybridized carbons (Fsp3) is 0.125. The van der Waals surface area contributed by atoms with Crippen LogP contribution in [0.2, 0.25) is 0 Å². The highest BCUT2D eigenvalue weighted by Crippen LogP contribution is 2.28. The third-order valence-corrected chi connectivity index (χ3v) is 3.64. The number of hydrogen-bond acceptors (Lipinski definition) is 7. The molecule has 0 aliphatic rings. The lowest BCUT2D eigenvalue weighted by Crippen LogP contribution is -2.12. The van der Waals surface area contributed by atoms with E-state index >= 15 is 0 Å². The van der Waals surface area contributed by atoms with Crippen molar-refractivity contribution in [2.75, 3.05) is 12.4 Å². The van der Waals surface area contributed by atoms with Crippen LogP contribution in [-0.2, 0) is 7.05 Å². The van der Waals surface area contributed by atoms with Crippen molar-refractivity contribution in [3.63, 3.8) is 0 Å². The van der Waals surface area contributed by atoms with Gasteiger partial charge in [-0.3, -0.25) is 14.9 Å². The SMILES string of the molecule is COc1ccc(C(=O)Nc2cccc(-c3nnnn3C)c2)cc1[N+](=O)[O-]. The molecular formula is C16H14N6O4. The summed E-state index contributed by atoms with van der Waals surface area (Å²) in [5.41, 5.74) is 1.09. The van der Waals surface area contributed by atoms with Crippen LogP contribution < -0.4 is 10.1 Å². The molecule has 2 aromatic carbocycles. The lowest BCUT2D eigenvalue weighted by atomic mass is 10.1. The van der Waals surface area contributed by atoms with Crippen LogP contribution in [0.3, 0.4) is 0 Å². The van der Waals surface area contributed by atoms with Crippen LogP contribution in [0.15, 0.2) is 42.5 Å².